The van der Waals surface area contributed by atoms with Crippen molar-refractivity contribution in [3.63, 3.8) is 0 Å². The van der Waals surface area contributed by atoms with E-state index < -0.39 is 5.97 Å². The molecule has 2 heterocycles. The number of carboxylic acid groups (broad SMARTS) is 1. The molecule has 0 radical (unpaired) electrons. The lowest BCUT2D eigenvalue weighted by Crippen LogP contribution is -2.17. The van der Waals surface area contributed by atoms with Crippen molar-refractivity contribution in [3.05, 3.63) is 23.7 Å². The average Bonchev–Trinajstić information content (AvgIpc) is 2.70. The molecule has 76 valence electrons. The van der Waals surface area contributed by atoms with Crippen molar-refractivity contribution in [2.45, 2.75) is 19.4 Å². The number of carboxylic acids is 1. The number of rotatable bonds is 2. The Morgan fingerprint density at radius 3 is 2.93 bits per heavy atom. The molecule has 1 aliphatic heterocycles. The van der Waals surface area contributed by atoms with Crippen molar-refractivity contribution < 1.29 is 14.3 Å². The molecule has 0 spiro atoms. The zero-order chi connectivity index (χ0) is 10.1. The topological polar surface area (TPSA) is 62.5 Å². The predicted octanol–water partition coefficient (Wildman–Crippen LogP) is 1.32. The zero-order valence-electron chi connectivity index (χ0n) is 7.99. The second-order valence-corrected chi connectivity index (χ2v) is 3.68. The highest BCUT2D eigenvalue weighted by atomic mass is 16.4. The van der Waals surface area contributed by atoms with Gasteiger partial charge in [-0.25, -0.2) is 0 Å². The van der Waals surface area contributed by atoms with Gasteiger partial charge in [0, 0.05) is 6.54 Å². The van der Waals surface area contributed by atoms with Gasteiger partial charge in [0.05, 0.1) is 12.0 Å². The highest BCUT2D eigenvalue weighted by Crippen LogP contribution is 2.28. The summed E-state index contributed by atoms with van der Waals surface area (Å²) in [5.74, 6) is 0.681. The Morgan fingerprint density at radius 2 is 2.43 bits per heavy atom. The molecule has 0 saturated carbocycles. The third kappa shape index (κ3) is 1.65. The lowest BCUT2D eigenvalue weighted by molar-refractivity contribution is -0.141. The van der Waals surface area contributed by atoms with E-state index in [4.69, 9.17) is 9.52 Å². The van der Waals surface area contributed by atoms with E-state index in [1.54, 1.807) is 0 Å². The molecule has 2 unspecified atom stereocenters. The first-order valence-electron chi connectivity index (χ1n) is 4.69. The lowest BCUT2D eigenvalue weighted by atomic mass is 10.1. The Labute approximate surface area is 81.9 Å². The molecule has 4 nitrogen and oxygen atoms in total. The molecule has 1 aromatic rings. The van der Waals surface area contributed by atoms with Gasteiger partial charge in [0.15, 0.2) is 0 Å². The quantitative estimate of drug-likeness (QED) is 0.747. The molecule has 2 N–H and O–H groups in total. The van der Waals surface area contributed by atoms with Gasteiger partial charge in [0.2, 0.25) is 0 Å². The van der Waals surface area contributed by atoms with Crippen molar-refractivity contribution in [1.29, 1.82) is 0 Å². The molecule has 1 aliphatic rings. The molecule has 4 heteroatoms. The van der Waals surface area contributed by atoms with Crippen LogP contribution in [-0.2, 0) is 4.79 Å². The van der Waals surface area contributed by atoms with Crippen LogP contribution in [0.1, 0.15) is 24.0 Å². The third-order valence-electron chi connectivity index (χ3n) is 2.58. The molecule has 0 aromatic carbocycles. The Kier molecular flexibility index (Phi) is 2.29. The minimum absolute atomic E-state index is 0.0600. The number of furan rings is 1. The van der Waals surface area contributed by atoms with Gasteiger partial charge in [0.1, 0.15) is 11.5 Å². The molecule has 14 heavy (non-hydrogen) atoms. The smallest absolute Gasteiger partial charge is 0.307 e. The fraction of sp³-hybridized carbons (Fsp3) is 0.500. The standard InChI is InChI=1S/C10H13NO3/c1-6-2-3-9(14-6)8-4-7(5-11-8)10(12)13/h2-3,7-8,11H,4-5H2,1H3,(H,12,13). The summed E-state index contributed by atoms with van der Waals surface area (Å²) in [6.45, 7) is 2.41. The van der Waals surface area contributed by atoms with Gasteiger partial charge >= 0.3 is 5.97 Å². The van der Waals surface area contributed by atoms with Gasteiger partial charge in [-0.3, -0.25) is 4.79 Å². The van der Waals surface area contributed by atoms with Crippen LogP contribution in [0.2, 0.25) is 0 Å². The summed E-state index contributed by atoms with van der Waals surface area (Å²) >= 11 is 0. The Bertz CT molecular complexity index is 345. The second-order valence-electron chi connectivity index (χ2n) is 3.68. The van der Waals surface area contributed by atoms with E-state index in [1.165, 1.54) is 0 Å². The first kappa shape index (κ1) is 9.27. The van der Waals surface area contributed by atoms with Crippen LogP contribution < -0.4 is 5.32 Å². The highest BCUT2D eigenvalue weighted by Gasteiger charge is 2.31. The summed E-state index contributed by atoms with van der Waals surface area (Å²) in [7, 11) is 0. The van der Waals surface area contributed by atoms with Crippen molar-refractivity contribution in [2.24, 2.45) is 5.92 Å². The predicted molar refractivity (Wildman–Crippen MR) is 49.9 cm³/mol. The monoisotopic (exact) mass is 195 g/mol. The molecular formula is C10H13NO3. The number of carbonyl (C=O) groups is 1. The number of aryl methyl sites for hydroxylation is 1. The number of hydrogen-bond acceptors (Lipinski definition) is 3. The summed E-state index contributed by atoms with van der Waals surface area (Å²) in [6.07, 6.45) is 0.613. The van der Waals surface area contributed by atoms with Crippen LogP contribution in [0.15, 0.2) is 16.5 Å². The number of aliphatic carboxylic acids is 1. The van der Waals surface area contributed by atoms with Crippen LogP contribution in [0, 0.1) is 12.8 Å². The SMILES string of the molecule is Cc1ccc(C2CC(C(=O)O)CN2)o1. The van der Waals surface area contributed by atoms with E-state index in [2.05, 4.69) is 5.32 Å². The van der Waals surface area contributed by atoms with Crippen LogP contribution in [0.4, 0.5) is 0 Å². The number of hydrogen-bond donors (Lipinski definition) is 2. The zero-order valence-corrected chi connectivity index (χ0v) is 7.99. The second kappa shape index (κ2) is 3.46. The lowest BCUT2D eigenvalue weighted by Gasteiger charge is -2.05. The van der Waals surface area contributed by atoms with E-state index in [-0.39, 0.29) is 12.0 Å². The van der Waals surface area contributed by atoms with Gasteiger partial charge in [-0.2, -0.15) is 0 Å². The summed E-state index contributed by atoms with van der Waals surface area (Å²) < 4.78 is 5.44. The average molecular weight is 195 g/mol. The van der Waals surface area contributed by atoms with Crippen LogP contribution >= 0.6 is 0 Å². The minimum Gasteiger partial charge on any atom is -0.481 e. The van der Waals surface area contributed by atoms with Gasteiger partial charge in [0.25, 0.3) is 0 Å². The molecule has 0 aliphatic carbocycles. The fourth-order valence-corrected chi connectivity index (χ4v) is 1.78. The number of nitrogens with one attached hydrogen (secondary N) is 1. The summed E-state index contributed by atoms with van der Waals surface area (Å²) in [6, 6.07) is 3.85. The van der Waals surface area contributed by atoms with Crippen LogP contribution in [-0.4, -0.2) is 17.6 Å². The Hall–Kier alpha value is -1.29. The molecule has 0 amide bonds. The largest absolute Gasteiger partial charge is 0.481 e. The molecule has 1 fully saturated rings. The normalized spacial score (nSPS) is 26.6. The van der Waals surface area contributed by atoms with Crippen molar-refractivity contribution in [3.8, 4) is 0 Å². The molecular weight excluding hydrogens is 182 g/mol. The fourth-order valence-electron chi connectivity index (χ4n) is 1.78. The van der Waals surface area contributed by atoms with Crippen molar-refractivity contribution >= 4 is 5.97 Å². The van der Waals surface area contributed by atoms with Crippen LogP contribution in [0.25, 0.3) is 0 Å². The first-order valence-corrected chi connectivity index (χ1v) is 4.69. The van der Waals surface area contributed by atoms with E-state index in [0.29, 0.717) is 13.0 Å². The minimum atomic E-state index is -0.733. The Morgan fingerprint density at radius 1 is 1.64 bits per heavy atom. The van der Waals surface area contributed by atoms with Crippen molar-refractivity contribution in [1.82, 2.24) is 5.32 Å². The maximum Gasteiger partial charge on any atom is 0.307 e. The maximum atomic E-state index is 10.7. The van der Waals surface area contributed by atoms with Gasteiger partial charge in [-0.15, -0.1) is 0 Å². The molecule has 1 saturated heterocycles. The van der Waals surface area contributed by atoms with Gasteiger partial charge in [-0.05, 0) is 25.5 Å². The van der Waals surface area contributed by atoms with Gasteiger partial charge in [-0.1, -0.05) is 0 Å². The maximum absolute atomic E-state index is 10.7. The van der Waals surface area contributed by atoms with E-state index in [1.807, 2.05) is 19.1 Å². The van der Waals surface area contributed by atoms with Crippen LogP contribution in [0.3, 0.4) is 0 Å². The van der Waals surface area contributed by atoms with Crippen LogP contribution in [0.5, 0.6) is 0 Å². The van der Waals surface area contributed by atoms with E-state index in [0.717, 1.165) is 11.5 Å². The molecule has 0 bridgehead atoms. The molecule has 2 atom stereocenters. The van der Waals surface area contributed by atoms with Gasteiger partial charge < -0.3 is 14.8 Å². The highest BCUT2D eigenvalue weighted by molar-refractivity contribution is 5.70. The van der Waals surface area contributed by atoms with E-state index >= 15 is 0 Å². The first-order chi connectivity index (χ1) is 6.66. The summed E-state index contributed by atoms with van der Waals surface area (Å²) in [5, 5.41) is 12.0. The molecule has 2 rings (SSSR count). The Balaban J connectivity index is 2.05. The third-order valence-corrected chi connectivity index (χ3v) is 2.58. The van der Waals surface area contributed by atoms with Crippen molar-refractivity contribution in [2.75, 3.05) is 6.54 Å². The summed E-state index contributed by atoms with van der Waals surface area (Å²) in [4.78, 5) is 10.7. The molecule has 1 aromatic heterocycles. The summed E-state index contributed by atoms with van der Waals surface area (Å²) in [5.41, 5.74) is 0. The van der Waals surface area contributed by atoms with E-state index in [9.17, 15) is 4.79 Å².